The number of nitrogen functional groups attached to an aromatic ring is 1. The maximum absolute atomic E-state index is 11.8. The van der Waals surface area contributed by atoms with E-state index in [2.05, 4.69) is 0 Å². The zero-order chi connectivity index (χ0) is 12.4. The number of hydrogen-bond acceptors (Lipinski definition) is 2. The van der Waals surface area contributed by atoms with E-state index in [1.165, 1.54) is 0 Å². The lowest BCUT2D eigenvalue weighted by Crippen LogP contribution is -2.23. The van der Waals surface area contributed by atoms with E-state index in [0.29, 0.717) is 23.8 Å². The first kappa shape index (κ1) is 11.8. The Morgan fingerprint density at radius 2 is 2.00 bits per heavy atom. The predicted molar refractivity (Wildman–Crippen MR) is 69.3 cm³/mol. The number of nitrogens with two attached hydrogens (primary N) is 1. The average molecular weight is 252 g/mol. The molecule has 0 atom stereocenters. The molecule has 0 amide bonds. The van der Waals surface area contributed by atoms with Crippen molar-refractivity contribution in [3.8, 4) is 0 Å². The number of aromatic nitrogens is 2. The summed E-state index contributed by atoms with van der Waals surface area (Å²) in [5.41, 5.74) is 7.10. The molecule has 1 aromatic heterocycles. The Morgan fingerprint density at radius 1 is 1.29 bits per heavy atom. The van der Waals surface area contributed by atoms with E-state index in [4.69, 9.17) is 17.3 Å². The molecule has 0 aliphatic carbocycles. The number of rotatable bonds is 3. The Labute approximate surface area is 104 Å². The zero-order valence-corrected chi connectivity index (χ0v) is 10.3. The number of imidazole rings is 1. The SMILES string of the molecule is CCn1ccn(Cc2ccc(N)cc2Cl)c1=O. The summed E-state index contributed by atoms with van der Waals surface area (Å²) in [6.07, 6.45) is 3.53. The van der Waals surface area contributed by atoms with Crippen molar-refractivity contribution in [1.82, 2.24) is 9.13 Å². The second-order valence-electron chi connectivity index (χ2n) is 3.85. The highest BCUT2D eigenvalue weighted by atomic mass is 35.5. The van der Waals surface area contributed by atoms with Crippen LogP contribution >= 0.6 is 11.6 Å². The smallest absolute Gasteiger partial charge is 0.328 e. The van der Waals surface area contributed by atoms with Crippen molar-refractivity contribution in [3.05, 3.63) is 51.7 Å². The van der Waals surface area contributed by atoms with Gasteiger partial charge in [0.25, 0.3) is 0 Å². The van der Waals surface area contributed by atoms with Crippen LogP contribution in [-0.4, -0.2) is 9.13 Å². The van der Waals surface area contributed by atoms with Crippen molar-refractivity contribution in [1.29, 1.82) is 0 Å². The molecule has 0 saturated heterocycles. The highest BCUT2D eigenvalue weighted by Gasteiger charge is 2.05. The van der Waals surface area contributed by atoms with Crippen molar-refractivity contribution >= 4 is 17.3 Å². The van der Waals surface area contributed by atoms with Gasteiger partial charge < -0.3 is 5.73 Å². The first-order valence-corrected chi connectivity index (χ1v) is 5.79. The topological polar surface area (TPSA) is 52.9 Å². The molecule has 4 nitrogen and oxygen atoms in total. The van der Waals surface area contributed by atoms with Crippen LogP contribution in [0.15, 0.2) is 35.4 Å². The molecule has 0 spiro atoms. The summed E-state index contributed by atoms with van der Waals surface area (Å²) >= 11 is 6.07. The molecule has 0 fully saturated rings. The summed E-state index contributed by atoms with van der Waals surface area (Å²) < 4.78 is 3.27. The van der Waals surface area contributed by atoms with E-state index in [0.717, 1.165) is 5.56 Å². The number of anilines is 1. The fourth-order valence-electron chi connectivity index (χ4n) is 1.69. The van der Waals surface area contributed by atoms with Crippen LogP contribution in [0.5, 0.6) is 0 Å². The molecule has 0 radical (unpaired) electrons. The number of benzene rings is 1. The Hall–Kier alpha value is -1.68. The second kappa shape index (κ2) is 4.67. The van der Waals surface area contributed by atoms with E-state index in [9.17, 15) is 4.79 Å². The van der Waals surface area contributed by atoms with Crippen molar-refractivity contribution in [2.24, 2.45) is 0 Å². The third-order valence-corrected chi connectivity index (χ3v) is 3.03. The molecular weight excluding hydrogens is 238 g/mol. The van der Waals surface area contributed by atoms with Gasteiger partial charge in [0.05, 0.1) is 6.54 Å². The lowest BCUT2D eigenvalue weighted by Gasteiger charge is -2.05. The highest BCUT2D eigenvalue weighted by Crippen LogP contribution is 2.19. The minimum Gasteiger partial charge on any atom is -0.399 e. The summed E-state index contributed by atoms with van der Waals surface area (Å²) in [6.45, 7) is 3.06. The van der Waals surface area contributed by atoms with Gasteiger partial charge in [0, 0.05) is 29.6 Å². The molecule has 0 aliphatic rings. The molecule has 2 N–H and O–H groups in total. The van der Waals surface area contributed by atoms with Gasteiger partial charge in [0.15, 0.2) is 0 Å². The molecule has 5 heteroatoms. The normalized spacial score (nSPS) is 10.7. The third kappa shape index (κ3) is 2.36. The van der Waals surface area contributed by atoms with E-state index >= 15 is 0 Å². The molecule has 2 rings (SSSR count). The Kier molecular flexibility index (Phi) is 3.24. The van der Waals surface area contributed by atoms with Gasteiger partial charge in [-0.2, -0.15) is 0 Å². The van der Waals surface area contributed by atoms with E-state index in [1.54, 1.807) is 33.7 Å². The number of halogens is 1. The van der Waals surface area contributed by atoms with Gasteiger partial charge in [-0.3, -0.25) is 9.13 Å². The quantitative estimate of drug-likeness (QED) is 0.848. The second-order valence-corrected chi connectivity index (χ2v) is 4.25. The van der Waals surface area contributed by atoms with Crippen molar-refractivity contribution in [3.63, 3.8) is 0 Å². The molecule has 0 unspecified atom stereocenters. The summed E-state index contributed by atoms with van der Waals surface area (Å²) in [4.78, 5) is 11.8. The molecular formula is C12H14ClN3O. The van der Waals surface area contributed by atoms with Crippen LogP contribution in [0.4, 0.5) is 5.69 Å². The van der Waals surface area contributed by atoms with Gasteiger partial charge in [-0.25, -0.2) is 4.79 Å². The molecule has 1 heterocycles. The van der Waals surface area contributed by atoms with Crippen molar-refractivity contribution in [2.45, 2.75) is 20.0 Å². The van der Waals surface area contributed by atoms with Crippen molar-refractivity contribution < 1.29 is 0 Å². The Bertz CT molecular complexity index is 586. The molecule has 0 aliphatic heterocycles. The number of nitrogens with zero attached hydrogens (tertiary/aromatic N) is 2. The average Bonchev–Trinajstić information content (AvgIpc) is 2.64. The third-order valence-electron chi connectivity index (χ3n) is 2.68. The monoisotopic (exact) mass is 251 g/mol. The summed E-state index contributed by atoms with van der Waals surface area (Å²) in [6, 6.07) is 5.31. The first-order chi connectivity index (χ1) is 8.11. The maximum atomic E-state index is 11.8. The summed E-state index contributed by atoms with van der Waals surface area (Å²) in [7, 11) is 0. The van der Waals surface area contributed by atoms with E-state index in [1.807, 2.05) is 13.0 Å². The van der Waals surface area contributed by atoms with Crippen LogP contribution in [-0.2, 0) is 13.1 Å². The molecule has 0 saturated carbocycles. The van der Waals surface area contributed by atoms with Crippen LogP contribution < -0.4 is 11.4 Å². The molecule has 2 aromatic rings. The fraction of sp³-hybridized carbons (Fsp3) is 0.250. The first-order valence-electron chi connectivity index (χ1n) is 5.41. The van der Waals surface area contributed by atoms with Gasteiger partial charge in [0.2, 0.25) is 0 Å². The predicted octanol–water partition coefficient (Wildman–Crippen LogP) is 1.95. The van der Waals surface area contributed by atoms with Gasteiger partial charge in [0.1, 0.15) is 0 Å². The van der Waals surface area contributed by atoms with Gasteiger partial charge >= 0.3 is 5.69 Å². The van der Waals surface area contributed by atoms with Crippen LogP contribution in [0.2, 0.25) is 5.02 Å². The van der Waals surface area contributed by atoms with E-state index < -0.39 is 0 Å². The van der Waals surface area contributed by atoms with Gasteiger partial charge in [-0.15, -0.1) is 0 Å². The molecule has 1 aromatic carbocycles. The maximum Gasteiger partial charge on any atom is 0.328 e. The Morgan fingerprint density at radius 3 is 2.59 bits per heavy atom. The minimum atomic E-state index is -0.0274. The van der Waals surface area contributed by atoms with Crippen molar-refractivity contribution in [2.75, 3.05) is 5.73 Å². The summed E-state index contributed by atoms with van der Waals surface area (Å²) in [5.74, 6) is 0. The fourth-order valence-corrected chi connectivity index (χ4v) is 1.94. The number of aryl methyl sites for hydroxylation is 1. The van der Waals surface area contributed by atoms with Gasteiger partial charge in [-0.05, 0) is 24.6 Å². The highest BCUT2D eigenvalue weighted by molar-refractivity contribution is 6.31. The van der Waals surface area contributed by atoms with Crippen LogP contribution in [0.3, 0.4) is 0 Å². The lowest BCUT2D eigenvalue weighted by atomic mass is 10.2. The van der Waals surface area contributed by atoms with Crippen LogP contribution in [0.25, 0.3) is 0 Å². The molecule has 0 bridgehead atoms. The van der Waals surface area contributed by atoms with E-state index in [-0.39, 0.29) is 5.69 Å². The number of hydrogen-bond donors (Lipinski definition) is 1. The largest absolute Gasteiger partial charge is 0.399 e. The summed E-state index contributed by atoms with van der Waals surface area (Å²) in [5, 5.41) is 0.584. The van der Waals surface area contributed by atoms with Crippen LogP contribution in [0, 0.1) is 0 Å². The standard InChI is InChI=1S/C12H14ClN3O/c1-2-15-5-6-16(12(15)17)8-9-3-4-10(14)7-11(9)13/h3-7H,2,8,14H2,1H3. The minimum absolute atomic E-state index is 0.0274. The van der Waals surface area contributed by atoms with Crippen LogP contribution in [0.1, 0.15) is 12.5 Å². The van der Waals surface area contributed by atoms with Gasteiger partial charge in [-0.1, -0.05) is 17.7 Å². The zero-order valence-electron chi connectivity index (χ0n) is 9.56. The molecule has 17 heavy (non-hydrogen) atoms. The lowest BCUT2D eigenvalue weighted by molar-refractivity contribution is 0.668. The molecule has 90 valence electrons. The Balaban J connectivity index is 2.31.